The van der Waals surface area contributed by atoms with Crippen LogP contribution < -0.4 is 10.4 Å². The number of benzene rings is 2. The van der Waals surface area contributed by atoms with E-state index in [1.165, 1.54) is 5.01 Å². The van der Waals surface area contributed by atoms with Crippen LogP contribution in [0.4, 0.5) is 5.69 Å². The van der Waals surface area contributed by atoms with E-state index in [4.69, 9.17) is 16.3 Å². The molecule has 0 saturated carbocycles. The molecule has 1 N–H and O–H groups in total. The number of anilines is 1. The summed E-state index contributed by atoms with van der Waals surface area (Å²) in [6.45, 7) is 1.95. The molecule has 2 aromatic rings. The molecule has 9 heteroatoms. The molecule has 0 aromatic heterocycles. The first-order valence-corrected chi connectivity index (χ1v) is 9.95. The van der Waals surface area contributed by atoms with E-state index in [0.717, 1.165) is 17.3 Å². The molecule has 0 saturated heterocycles. The molecular weight excluding hydrogens is 412 g/mol. The Morgan fingerprint density at radius 3 is 2.59 bits per heavy atom. The van der Waals surface area contributed by atoms with E-state index in [1.807, 2.05) is 30.3 Å². The molecule has 2 aliphatic rings. The molecule has 29 heavy (non-hydrogen) atoms. The Labute approximate surface area is 176 Å². The molecular formula is C20H15ClN4O3S. The standard InChI is InChI=1S/C20H15ClN4O3S/c1-2-28-20(27)18-24-25(14-10-8-13(21)9-11-14)19(29-18)15-16(22-23-17(15)26)12-6-4-3-5-7-12/h3-11H,2H2,1H3,(H,23,26). The maximum absolute atomic E-state index is 12.7. The van der Waals surface area contributed by atoms with Gasteiger partial charge in [0.25, 0.3) is 5.91 Å². The Kier molecular flexibility index (Phi) is 5.37. The van der Waals surface area contributed by atoms with Gasteiger partial charge in [-0.2, -0.15) is 10.2 Å². The smallest absolute Gasteiger partial charge is 0.365 e. The SMILES string of the molecule is CCOC(=O)C1=NN(c2ccc(Cl)cc2)C(=C2C(=O)NN=C2c2ccccc2)S1. The van der Waals surface area contributed by atoms with E-state index in [2.05, 4.69) is 15.6 Å². The molecule has 0 fully saturated rings. The molecule has 0 unspecified atom stereocenters. The van der Waals surface area contributed by atoms with E-state index in [1.54, 1.807) is 31.2 Å². The van der Waals surface area contributed by atoms with E-state index in [-0.39, 0.29) is 17.6 Å². The van der Waals surface area contributed by atoms with Crippen LogP contribution in [0.3, 0.4) is 0 Å². The molecule has 0 bridgehead atoms. The van der Waals surface area contributed by atoms with Crippen LogP contribution in [0.25, 0.3) is 0 Å². The summed E-state index contributed by atoms with van der Waals surface area (Å²) in [6, 6.07) is 16.3. The summed E-state index contributed by atoms with van der Waals surface area (Å²) in [4.78, 5) is 25.0. The van der Waals surface area contributed by atoms with Gasteiger partial charge in [-0.05, 0) is 43.0 Å². The summed E-state index contributed by atoms with van der Waals surface area (Å²) >= 11 is 7.07. The highest BCUT2D eigenvalue weighted by Crippen LogP contribution is 2.39. The molecule has 2 aromatic carbocycles. The third kappa shape index (κ3) is 3.76. The predicted octanol–water partition coefficient (Wildman–Crippen LogP) is 3.52. The average Bonchev–Trinajstić information content (AvgIpc) is 3.33. The van der Waals surface area contributed by atoms with Crippen molar-refractivity contribution >= 4 is 51.7 Å². The molecule has 1 amide bonds. The average molecular weight is 427 g/mol. The summed E-state index contributed by atoms with van der Waals surface area (Å²) in [5, 5.41) is 11.3. The fraction of sp³-hybridized carbons (Fsp3) is 0.100. The summed E-state index contributed by atoms with van der Waals surface area (Å²) in [5.41, 5.74) is 4.75. The minimum Gasteiger partial charge on any atom is -0.461 e. The zero-order valence-corrected chi connectivity index (χ0v) is 16.8. The number of thioether (sulfide) groups is 1. The van der Waals surface area contributed by atoms with Gasteiger partial charge in [-0.25, -0.2) is 15.2 Å². The van der Waals surface area contributed by atoms with E-state index in [0.29, 0.717) is 27.0 Å². The van der Waals surface area contributed by atoms with Crippen molar-refractivity contribution in [1.29, 1.82) is 0 Å². The number of amides is 1. The Bertz CT molecular complexity index is 1060. The number of hydrogen-bond acceptors (Lipinski definition) is 7. The lowest BCUT2D eigenvalue weighted by molar-refractivity contribution is -0.134. The monoisotopic (exact) mass is 426 g/mol. The number of carbonyl (C=O) groups excluding carboxylic acids is 2. The molecule has 0 atom stereocenters. The van der Waals surface area contributed by atoms with Crippen molar-refractivity contribution in [2.24, 2.45) is 10.2 Å². The Balaban J connectivity index is 1.83. The number of halogens is 1. The molecule has 4 rings (SSSR count). The first-order valence-electron chi connectivity index (χ1n) is 8.76. The molecule has 2 aliphatic heterocycles. The minimum atomic E-state index is -0.552. The number of hydrazone groups is 2. The summed E-state index contributed by atoms with van der Waals surface area (Å²) in [5.74, 6) is -0.922. The van der Waals surface area contributed by atoms with Gasteiger partial charge in [-0.15, -0.1) is 0 Å². The topological polar surface area (TPSA) is 83.4 Å². The normalized spacial score (nSPS) is 18.4. The highest BCUT2D eigenvalue weighted by Gasteiger charge is 2.37. The number of nitrogens with zero attached hydrogens (tertiary/aromatic N) is 3. The molecule has 0 aliphatic carbocycles. The molecule has 146 valence electrons. The number of carbonyl (C=O) groups is 2. The number of nitrogens with one attached hydrogen (secondary N) is 1. The third-order valence-corrected chi connectivity index (χ3v) is 5.36. The fourth-order valence-electron chi connectivity index (χ4n) is 2.81. The van der Waals surface area contributed by atoms with E-state index in [9.17, 15) is 9.59 Å². The van der Waals surface area contributed by atoms with Gasteiger partial charge in [0, 0.05) is 10.6 Å². The van der Waals surface area contributed by atoms with Gasteiger partial charge in [0.05, 0.1) is 12.3 Å². The highest BCUT2D eigenvalue weighted by molar-refractivity contribution is 8.19. The predicted molar refractivity (Wildman–Crippen MR) is 114 cm³/mol. The van der Waals surface area contributed by atoms with Gasteiger partial charge in [0.2, 0.25) is 5.04 Å². The largest absolute Gasteiger partial charge is 0.461 e. The van der Waals surface area contributed by atoms with Crippen LogP contribution in [0.1, 0.15) is 12.5 Å². The zero-order valence-electron chi connectivity index (χ0n) is 15.3. The second-order valence-corrected chi connectivity index (χ2v) is 7.38. The van der Waals surface area contributed by atoms with Crippen LogP contribution in [0.5, 0.6) is 0 Å². The van der Waals surface area contributed by atoms with E-state index < -0.39 is 5.97 Å². The van der Waals surface area contributed by atoms with Crippen LogP contribution in [0, 0.1) is 0 Å². The second-order valence-electron chi connectivity index (χ2n) is 5.96. The van der Waals surface area contributed by atoms with Crippen LogP contribution in [0.15, 0.2) is 75.4 Å². The van der Waals surface area contributed by atoms with Crippen LogP contribution >= 0.6 is 23.4 Å². The summed E-state index contributed by atoms with van der Waals surface area (Å²) < 4.78 is 5.09. The third-order valence-electron chi connectivity index (χ3n) is 4.09. The molecule has 7 nitrogen and oxygen atoms in total. The van der Waals surface area contributed by atoms with Crippen molar-refractivity contribution < 1.29 is 14.3 Å². The maximum Gasteiger partial charge on any atom is 0.365 e. The highest BCUT2D eigenvalue weighted by atomic mass is 35.5. The van der Waals surface area contributed by atoms with Gasteiger partial charge in [0.15, 0.2) is 0 Å². The van der Waals surface area contributed by atoms with Crippen molar-refractivity contribution in [3.63, 3.8) is 0 Å². The lowest BCUT2D eigenvalue weighted by Gasteiger charge is -2.17. The summed E-state index contributed by atoms with van der Waals surface area (Å²) in [7, 11) is 0. The van der Waals surface area contributed by atoms with Crippen molar-refractivity contribution in [2.75, 3.05) is 11.6 Å². The minimum absolute atomic E-state index is 0.136. The van der Waals surface area contributed by atoms with E-state index >= 15 is 0 Å². The molecule has 2 heterocycles. The quantitative estimate of drug-likeness (QED) is 0.597. The zero-order chi connectivity index (χ0) is 20.4. The van der Waals surface area contributed by atoms with Crippen molar-refractivity contribution in [1.82, 2.24) is 5.43 Å². The molecule has 0 spiro atoms. The van der Waals surface area contributed by atoms with Crippen LogP contribution in [-0.4, -0.2) is 29.2 Å². The van der Waals surface area contributed by atoms with Gasteiger partial charge in [0.1, 0.15) is 16.3 Å². The van der Waals surface area contributed by atoms with Crippen molar-refractivity contribution in [3.8, 4) is 0 Å². The fourth-order valence-corrected chi connectivity index (χ4v) is 3.91. The first kappa shape index (κ1) is 19.2. The second kappa shape index (κ2) is 8.10. The first-order chi connectivity index (χ1) is 14.1. The van der Waals surface area contributed by atoms with Gasteiger partial charge in [-0.3, -0.25) is 4.79 Å². The number of hydrogen-bond donors (Lipinski definition) is 1. The lowest BCUT2D eigenvalue weighted by Crippen LogP contribution is -2.21. The van der Waals surface area contributed by atoms with Crippen molar-refractivity contribution in [2.45, 2.75) is 6.92 Å². The van der Waals surface area contributed by atoms with Crippen LogP contribution in [0.2, 0.25) is 5.02 Å². The van der Waals surface area contributed by atoms with Crippen molar-refractivity contribution in [3.05, 3.63) is 75.8 Å². The summed E-state index contributed by atoms with van der Waals surface area (Å²) in [6.07, 6.45) is 0. The number of rotatable bonds is 4. The van der Waals surface area contributed by atoms with Crippen LogP contribution in [-0.2, 0) is 14.3 Å². The Morgan fingerprint density at radius 1 is 1.17 bits per heavy atom. The number of esters is 1. The van der Waals surface area contributed by atoms with Gasteiger partial charge < -0.3 is 4.74 Å². The van der Waals surface area contributed by atoms with Gasteiger partial charge >= 0.3 is 5.97 Å². The molecule has 0 radical (unpaired) electrons. The number of ether oxygens (including phenoxy) is 1. The maximum atomic E-state index is 12.7. The van der Waals surface area contributed by atoms with Gasteiger partial charge in [-0.1, -0.05) is 41.9 Å². The Hall–Kier alpha value is -3.10. The lowest BCUT2D eigenvalue weighted by atomic mass is 10.0. The Morgan fingerprint density at radius 2 is 1.90 bits per heavy atom.